The average molecular weight is 395 g/mol. The topological polar surface area (TPSA) is 67.4 Å². The number of halogens is 2. The highest BCUT2D eigenvalue weighted by Gasteiger charge is 2.16. The maximum Gasteiger partial charge on any atom is 0.255 e. The zero-order chi connectivity index (χ0) is 19.1. The average Bonchev–Trinajstić information content (AvgIpc) is 2.60. The number of rotatable bonds is 7. The van der Waals surface area contributed by atoms with Gasteiger partial charge in [-0.05, 0) is 43.7 Å². The van der Waals surface area contributed by atoms with Crippen molar-refractivity contribution in [2.24, 2.45) is 0 Å². The van der Waals surface area contributed by atoms with E-state index >= 15 is 0 Å². The number of hydrogen-bond donors (Lipinski definition) is 2. The lowest BCUT2D eigenvalue weighted by molar-refractivity contribution is -0.120. The number of benzene rings is 2. The summed E-state index contributed by atoms with van der Waals surface area (Å²) in [5.74, 6) is -0.221. The third-order valence-electron chi connectivity index (χ3n) is 3.65. The molecule has 26 heavy (non-hydrogen) atoms. The van der Waals surface area contributed by atoms with E-state index in [1.165, 1.54) is 0 Å². The van der Waals surface area contributed by atoms with Gasteiger partial charge in [-0.15, -0.1) is 0 Å². The highest BCUT2D eigenvalue weighted by Crippen LogP contribution is 2.26. The van der Waals surface area contributed by atoms with Crippen molar-refractivity contribution >= 4 is 35.0 Å². The molecule has 1 atom stereocenters. The fourth-order valence-corrected chi connectivity index (χ4v) is 2.99. The molecule has 0 unspecified atom stereocenters. The van der Waals surface area contributed by atoms with Gasteiger partial charge in [-0.3, -0.25) is 9.59 Å². The van der Waals surface area contributed by atoms with Crippen molar-refractivity contribution in [3.05, 3.63) is 63.6 Å². The third kappa shape index (κ3) is 5.38. The summed E-state index contributed by atoms with van der Waals surface area (Å²) in [6.45, 7) is 3.93. The van der Waals surface area contributed by atoms with E-state index in [1.807, 2.05) is 6.92 Å². The quantitative estimate of drug-likeness (QED) is 0.745. The molecule has 2 N–H and O–H groups in total. The van der Waals surface area contributed by atoms with Gasteiger partial charge in [0.25, 0.3) is 5.91 Å². The molecule has 2 aromatic rings. The molecule has 138 valence electrons. The normalized spacial score (nSPS) is 11.5. The molecule has 0 radical (unpaired) electrons. The number of amides is 2. The van der Waals surface area contributed by atoms with E-state index in [2.05, 4.69) is 10.6 Å². The third-order valence-corrected chi connectivity index (χ3v) is 4.21. The highest BCUT2D eigenvalue weighted by molar-refractivity contribution is 6.35. The van der Waals surface area contributed by atoms with Crippen molar-refractivity contribution in [2.45, 2.75) is 19.9 Å². The van der Waals surface area contributed by atoms with Crippen LogP contribution in [0, 0.1) is 0 Å². The molecule has 0 heterocycles. The summed E-state index contributed by atoms with van der Waals surface area (Å²) in [4.78, 5) is 24.4. The van der Waals surface area contributed by atoms with Crippen molar-refractivity contribution in [3.63, 3.8) is 0 Å². The lowest BCUT2D eigenvalue weighted by Crippen LogP contribution is -2.38. The molecule has 0 saturated heterocycles. The van der Waals surface area contributed by atoms with Gasteiger partial charge in [-0.1, -0.05) is 41.4 Å². The molecule has 0 aliphatic carbocycles. The Labute approximate surface area is 162 Å². The van der Waals surface area contributed by atoms with Gasteiger partial charge >= 0.3 is 0 Å². The van der Waals surface area contributed by atoms with Crippen molar-refractivity contribution in [2.75, 3.05) is 13.2 Å². The smallest absolute Gasteiger partial charge is 0.255 e. The molecule has 7 heteroatoms. The van der Waals surface area contributed by atoms with Crippen molar-refractivity contribution in [1.82, 2.24) is 10.6 Å². The summed E-state index contributed by atoms with van der Waals surface area (Å²) in [5.41, 5.74) is 1.13. The molecule has 0 aliphatic heterocycles. The number of ether oxygens (including phenoxy) is 1. The van der Waals surface area contributed by atoms with Crippen LogP contribution in [0.5, 0.6) is 5.75 Å². The molecule has 0 saturated carbocycles. The monoisotopic (exact) mass is 394 g/mol. The maximum absolute atomic E-state index is 12.3. The van der Waals surface area contributed by atoms with Crippen molar-refractivity contribution < 1.29 is 14.3 Å². The van der Waals surface area contributed by atoms with Gasteiger partial charge in [-0.25, -0.2) is 0 Å². The second kappa shape index (κ2) is 9.46. The first-order valence-electron chi connectivity index (χ1n) is 8.16. The number of nitrogens with one attached hydrogen (secondary N) is 2. The number of carbonyl (C=O) groups is 2. The van der Waals surface area contributed by atoms with Crippen LogP contribution in [0.3, 0.4) is 0 Å². The van der Waals surface area contributed by atoms with Crippen LogP contribution < -0.4 is 15.4 Å². The Morgan fingerprint density at radius 3 is 2.58 bits per heavy atom. The van der Waals surface area contributed by atoms with E-state index in [-0.39, 0.29) is 24.4 Å². The van der Waals surface area contributed by atoms with Crippen LogP contribution >= 0.6 is 23.2 Å². The Morgan fingerprint density at radius 2 is 1.88 bits per heavy atom. The van der Waals surface area contributed by atoms with E-state index < -0.39 is 0 Å². The number of carbonyl (C=O) groups excluding carboxylic acids is 2. The van der Waals surface area contributed by atoms with Crippen molar-refractivity contribution in [1.29, 1.82) is 0 Å². The van der Waals surface area contributed by atoms with E-state index in [1.54, 1.807) is 49.4 Å². The van der Waals surface area contributed by atoms with Crippen LogP contribution in [-0.2, 0) is 4.79 Å². The van der Waals surface area contributed by atoms with E-state index in [0.29, 0.717) is 28.0 Å². The Kier molecular flexibility index (Phi) is 7.30. The van der Waals surface area contributed by atoms with Crippen LogP contribution in [0.25, 0.3) is 0 Å². The number of para-hydroxylation sites is 1. The first-order chi connectivity index (χ1) is 12.4. The van der Waals surface area contributed by atoms with E-state index in [0.717, 1.165) is 5.56 Å². The van der Waals surface area contributed by atoms with Gasteiger partial charge < -0.3 is 15.4 Å². The molecule has 2 rings (SSSR count). The molecule has 0 aromatic heterocycles. The predicted octanol–water partition coefficient (Wildman–Crippen LogP) is 4.00. The zero-order valence-electron chi connectivity index (χ0n) is 14.5. The van der Waals surface area contributed by atoms with Crippen molar-refractivity contribution in [3.8, 4) is 5.75 Å². The summed E-state index contributed by atoms with van der Waals surface area (Å²) in [6.07, 6.45) is 0. The summed E-state index contributed by atoms with van der Waals surface area (Å²) in [7, 11) is 0. The van der Waals surface area contributed by atoms with Gasteiger partial charge in [0, 0.05) is 10.0 Å². The van der Waals surface area contributed by atoms with E-state index in [9.17, 15) is 9.59 Å². The molecule has 0 fully saturated rings. The first-order valence-corrected chi connectivity index (χ1v) is 8.92. The second-order valence-electron chi connectivity index (χ2n) is 5.57. The fraction of sp³-hybridized carbons (Fsp3) is 0.263. The Morgan fingerprint density at radius 1 is 1.15 bits per heavy atom. The lowest BCUT2D eigenvalue weighted by atomic mass is 10.1. The zero-order valence-corrected chi connectivity index (χ0v) is 16.0. The molecular formula is C19H20Cl2N2O3. The fourth-order valence-electron chi connectivity index (χ4n) is 2.41. The summed E-state index contributed by atoms with van der Waals surface area (Å²) >= 11 is 12.0. The Bertz CT molecular complexity index is 796. The van der Waals surface area contributed by atoms with Gasteiger partial charge in [0.15, 0.2) is 0 Å². The minimum Gasteiger partial charge on any atom is -0.493 e. The summed E-state index contributed by atoms with van der Waals surface area (Å²) in [6, 6.07) is 11.6. The van der Waals surface area contributed by atoms with Crippen LogP contribution in [-0.4, -0.2) is 25.0 Å². The summed E-state index contributed by atoms with van der Waals surface area (Å²) in [5, 5.41) is 6.38. The minimum atomic E-state index is -0.374. The van der Waals surface area contributed by atoms with Gasteiger partial charge in [-0.2, -0.15) is 0 Å². The standard InChI is InChI=1S/C19H20Cl2N2O3/c1-3-26-17-7-5-4-6-15(17)19(25)22-11-18(24)23-12(2)14-9-8-13(20)10-16(14)21/h4-10,12H,3,11H2,1-2H3,(H,22,25)(H,23,24)/t12-/m0/s1. The number of hydrogen-bond acceptors (Lipinski definition) is 3. The largest absolute Gasteiger partial charge is 0.493 e. The molecule has 0 bridgehead atoms. The Hall–Kier alpha value is -2.24. The molecule has 0 spiro atoms. The molecule has 2 amide bonds. The van der Waals surface area contributed by atoms with E-state index in [4.69, 9.17) is 27.9 Å². The SMILES string of the molecule is CCOc1ccccc1C(=O)NCC(=O)N[C@@H](C)c1ccc(Cl)cc1Cl. The highest BCUT2D eigenvalue weighted by atomic mass is 35.5. The van der Waals surface area contributed by atoms with Crippen LogP contribution in [0.1, 0.15) is 35.8 Å². The molecule has 2 aromatic carbocycles. The first kappa shape index (κ1) is 20.1. The predicted molar refractivity (Wildman–Crippen MR) is 103 cm³/mol. The summed E-state index contributed by atoms with van der Waals surface area (Å²) < 4.78 is 5.42. The molecular weight excluding hydrogens is 375 g/mol. The molecule has 5 nitrogen and oxygen atoms in total. The second-order valence-corrected chi connectivity index (χ2v) is 6.41. The maximum atomic E-state index is 12.3. The van der Waals surface area contributed by atoms with Gasteiger partial charge in [0.1, 0.15) is 5.75 Å². The Balaban J connectivity index is 1.93. The van der Waals surface area contributed by atoms with Crippen LogP contribution in [0.2, 0.25) is 10.0 Å². The lowest BCUT2D eigenvalue weighted by Gasteiger charge is -2.16. The van der Waals surface area contributed by atoms with Crippen LogP contribution in [0.4, 0.5) is 0 Å². The van der Waals surface area contributed by atoms with Crippen LogP contribution in [0.15, 0.2) is 42.5 Å². The van der Waals surface area contributed by atoms with Gasteiger partial charge in [0.2, 0.25) is 5.91 Å². The van der Waals surface area contributed by atoms with Gasteiger partial charge in [0.05, 0.1) is 24.8 Å². The minimum absolute atomic E-state index is 0.158. The molecule has 0 aliphatic rings.